The number of ether oxygens (including phenoxy) is 1. The Morgan fingerprint density at radius 1 is 1.41 bits per heavy atom. The van der Waals surface area contributed by atoms with Gasteiger partial charge in [0.15, 0.2) is 0 Å². The fraction of sp³-hybridized carbons (Fsp3) is 0.500. The van der Waals surface area contributed by atoms with Crippen LogP contribution in [-0.2, 0) is 4.74 Å². The summed E-state index contributed by atoms with van der Waals surface area (Å²) in [5.74, 6) is 1.61. The molecule has 1 fully saturated rings. The van der Waals surface area contributed by atoms with Gasteiger partial charge in [-0.2, -0.15) is 4.98 Å². The van der Waals surface area contributed by atoms with Gasteiger partial charge in [0, 0.05) is 13.1 Å². The normalized spacial score (nSPS) is 20.6. The highest BCUT2D eigenvalue weighted by Crippen LogP contribution is 2.23. The van der Waals surface area contributed by atoms with Crippen LogP contribution in [0.3, 0.4) is 0 Å². The highest BCUT2D eigenvalue weighted by Gasteiger charge is 2.23. The molecule has 3 heterocycles. The molecule has 0 bridgehead atoms. The molecule has 2 aromatic rings. The Labute approximate surface area is 97.1 Å². The maximum Gasteiger partial charge on any atom is 0.263 e. The zero-order valence-corrected chi connectivity index (χ0v) is 9.34. The second-order valence-electron chi connectivity index (χ2n) is 3.82. The fourth-order valence-electron chi connectivity index (χ4n) is 1.71. The third-order valence-electron chi connectivity index (χ3n) is 2.64. The number of rotatable bonds is 2. The summed E-state index contributed by atoms with van der Waals surface area (Å²) in [4.78, 5) is 4.29. The molecule has 3 rings (SSSR count). The molecule has 7 heteroatoms. The summed E-state index contributed by atoms with van der Waals surface area (Å²) in [5, 5.41) is 10.8. The van der Waals surface area contributed by atoms with Crippen LogP contribution in [0.5, 0.6) is 0 Å². The van der Waals surface area contributed by atoms with E-state index in [9.17, 15) is 0 Å². The molecule has 90 valence electrons. The van der Waals surface area contributed by atoms with Crippen LogP contribution in [0, 0.1) is 6.92 Å². The van der Waals surface area contributed by atoms with E-state index in [1.165, 1.54) is 0 Å². The van der Waals surface area contributed by atoms with Crippen LogP contribution < -0.4 is 5.32 Å². The van der Waals surface area contributed by atoms with Crippen LogP contribution in [0.15, 0.2) is 15.2 Å². The first kappa shape index (κ1) is 10.4. The third kappa shape index (κ3) is 1.94. The van der Waals surface area contributed by atoms with Gasteiger partial charge in [-0.1, -0.05) is 10.3 Å². The molecule has 2 aromatic heterocycles. The van der Waals surface area contributed by atoms with Crippen molar-refractivity contribution in [2.75, 3.05) is 19.7 Å². The summed E-state index contributed by atoms with van der Waals surface area (Å²) in [5.41, 5.74) is 0.715. The summed E-state index contributed by atoms with van der Waals surface area (Å²) in [6, 6.07) is 0. The van der Waals surface area contributed by atoms with Crippen molar-refractivity contribution in [1.29, 1.82) is 0 Å². The topological polar surface area (TPSA) is 86.2 Å². The molecule has 0 radical (unpaired) electrons. The van der Waals surface area contributed by atoms with Crippen molar-refractivity contribution in [1.82, 2.24) is 20.6 Å². The van der Waals surface area contributed by atoms with Crippen molar-refractivity contribution < 1.29 is 13.8 Å². The van der Waals surface area contributed by atoms with Gasteiger partial charge in [-0.15, -0.1) is 0 Å². The predicted octanol–water partition coefficient (Wildman–Crippen LogP) is 0.694. The molecule has 17 heavy (non-hydrogen) atoms. The molecule has 1 aliphatic heterocycles. The van der Waals surface area contributed by atoms with E-state index >= 15 is 0 Å². The predicted molar refractivity (Wildman–Crippen MR) is 56.1 cm³/mol. The summed E-state index contributed by atoms with van der Waals surface area (Å²) >= 11 is 0. The molecule has 0 spiro atoms. The van der Waals surface area contributed by atoms with E-state index < -0.39 is 0 Å². The van der Waals surface area contributed by atoms with E-state index in [2.05, 4.69) is 20.6 Å². The molecule has 1 aliphatic rings. The Morgan fingerprint density at radius 3 is 3.06 bits per heavy atom. The lowest BCUT2D eigenvalue weighted by molar-refractivity contribution is 0.0208. The molecule has 7 nitrogen and oxygen atoms in total. The maximum atomic E-state index is 5.54. The van der Waals surface area contributed by atoms with Crippen molar-refractivity contribution in [3.05, 3.63) is 17.8 Å². The smallest absolute Gasteiger partial charge is 0.263 e. The lowest BCUT2D eigenvalue weighted by Crippen LogP contribution is -2.33. The van der Waals surface area contributed by atoms with Gasteiger partial charge >= 0.3 is 0 Å². The summed E-state index contributed by atoms with van der Waals surface area (Å²) < 4.78 is 15.7. The lowest BCUT2D eigenvalue weighted by Gasteiger charge is -2.20. The van der Waals surface area contributed by atoms with E-state index in [0.717, 1.165) is 6.54 Å². The first-order valence-electron chi connectivity index (χ1n) is 5.42. The third-order valence-corrected chi connectivity index (χ3v) is 2.64. The maximum absolute atomic E-state index is 5.54. The monoisotopic (exact) mass is 236 g/mol. The minimum atomic E-state index is -0.151. The Morgan fingerprint density at radius 2 is 2.35 bits per heavy atom. The van der Waals surface area contributed by atoms with Crippen LogP contribution in [0.4, 0.5) is 0 Å². The Balaban J connectivity index is 1.85. The minimum absolute atomic E-state index is 0.151. The van der Waals surface area contributed by atoms with Crippen LogP contribution >= 0.6 is 0 Å². The molecular formula is C10H12N4O3. The number of hydrogen-bond donors (Lipinski definition) is 1. The highest BCUT2D eigenvalue weighted by atomic mass is 16.5. The van der Waals surface area contributed by atoms with Crippen LogP contribution in [0.1, 0.15) is 17.7 Å². The minimum Gasteiger partial charge on any atom is -0.367 e. The van der Waals surface area contributed by atoms with Gasteiger partial charge in [-0.05, 0) is 6.92 Å². The summed E-state index contributed by atoms with van der Waals surface area (Å²) in [6.45, 7) is 4.00. The number of aryl methyl sites for hydroxylation is 1. The van der Waals surface area contributed by atoms with Crippen molar-refractivity contribution >= 4 is 0 Å². The summed E-state index contributed by atoms with van der Waals surface area (Å²) in [6.07, 6.45) is 1.41. The van der Waals surface area contributed by atoms with Gasteiger partial charge in [0.1, 0.15) is 17.4 Å². The van der Waals surface area contributed by atoms with Crippen molar-refractivity contribution in [2.24, 2.45) is 0 Å². The van der Waals surface area contributed by atoms with Gasteiger partial charge < -0.3 is 19.1 Å². The SMILES string of the molecule is Cc1oncc1-c1nc(C2CNCCO2)no1. The highest BCUT2D eigenvalue weighted by molar-refractivity contribution is 5.53. The number of hydrogen-bond acceptors (Lipinski definition) is 7. The van der Waals surface area contributed by atoms with E-state index in [-0.39, 0.29) is 6.10 Å². The Kier molecular flexibility index (Phi) is 2.62. The second kappa shape index (κ2) is 4.27. The van der Waals surface area contributed by atoms with Gasteiger partial charge in [0.2, 0.25) is 5.82 Å². The van der Waals surface area contributed by atoms with Gasteiger partial charge in [0.05, 0.1) is 12.8 Å². The van der Waals surface area contributed by atoms with Crippen molar-refractivity contribution in [2.45, 2.75) is 13.0 Å². The first-order valence-corrected chi connectivity index (χ1v) is 5.42. The summed E-state index contributed by atoms with van der Waals surface area (Å²) in [7, 11) is 0. The zero-order valence-electron chi connectivity index (χ0n) is 9.34. The molecule has 1 saturated heterocycles. The average molecular weight is 236 g/mol. The molecule has 1 atom stereocenters. The van der Waals surface area contributed by atoms with Crippen molar-refractivity contribution in [3.8, 4) is 11.5 Å². The molecule has 0 amide bonds. The standard InChI is InChI=1S/C10H12N4O3/c1-6-7(4-12-16-6)10-13-9(14-17-10)8-5-11-2-3-15-8/h4,8,11H,2-3,5H2,1H3. The number of nitrogens with one attached hydrogen (secondary N) is 1. The van der Waals surface area contributed by atoms with E-state index in [1.807, 2.05) is 0 Å². The van der Waals surface area contributed by atoms with Crippen LogP contribution in [-0.4, -0.2) is 35.0 Å². The van der Waals surface area contributed by atoms with E-state index in [4.69, 9.17) is 13.8 Å². The zero-order chi connectivity index (χ0) is 11.7. The van der Waals surface area contributed by atoms with E-state index in [0.29, 0.717) is 36.2 Å². The quantitative estimate of drug-likeness (QED) is 0.820. The molecule has 1 N–H and O–H groups in total. The Bertz CT molecular complexity index is 501. The molecule has 1 unspecified atom stereocenters. The van der Waals surface area contributed by atoms with E-state index in [1.54, 1.807) is 13.1 Å². The number of aromatic nitrogens is 3. The second-order valence-corrected chi connectivity index (χ2v) is 3.82. The van der Waals surface area contributed by atoms with Crippen molar-refractivity contribution in [3.63, 3.8) is 0 Å². The van der Waals surface area contributed by atoms with Crippen LogP contribution in [0.2, 0.25) is 0 Å². The molecule has 0 aromatic carbocycles. The number of nitrogens with zero attached hydrogens (tertiary/aromatic N) is 3. The largest absolute Gasteiger partial charge is 0.367 e. The van der Waals surface area contributed by atoms with Gasteiger partial charge in [0.25, 0.3) is 5.89 Å². The van der Waals surface area contributed by atoms with Gasteiger partial charge in [-0.3, -0.25) is 0 Å². The van der Waals surface area contributed by atoms with Gasteiger partial charge in [-0.25, -0.2) is 0 Å². The average Bonchev–Trinajstić information content (AvgIpc) is 2.98. The first-order chi connectivity index (χ1) is 8.34. The molecule has 0 aliphatic carbocycles. The van der Waals surface area contributed by atoms with Crippen LogP contribution in [0.25, 0.3) is 11.5 Å². The molecular weight excluding hydrogens is 224 g/mol. The lowest BCUT2D eigenvalue weighted by atomic mass is 10.2. The Hall–Kier alpha value is -1.73. The number of morpholine rings is 1. The fourth-order valence-corrected chi connectivity index (χ4v) is 1.71. The molecule has 0 saturated carbocycles.